The average molecular weight is 295 g/mol. The largest absolute Gasteiger partial charge is 0.324 e. The third kappa shape index (κ3) is 4.72. The molecular formula is C15H25N3OS. The molecule has 0 spiro atoms. The molecule has 0 heterocycles. The third-order valence-electron chi connectivity index (χ3n) is 3.48. The summed E-state index contributed by atoms with van der Waals surface area (Å²) in [6.45, 7) is 4.15. The summed E-state index contributed by atoms with van der Waals surface area (Å²) in [5.74, 6) is 0.933. The van der Waals surface area contributed by atoms with Crippen LogP contribution in [-0.4, -0.2) is 43.1 Å². The van der Waals surface area contributed by atoms with Gasteiger partial charge in [-0.15, -0.1) is 0 Å². The highest BCUT2D eigenvalue weighted by Crippen LogP contribution is 2.16. The van der Waals surface area contributed by atoms with Gasteiger partial charge in [0.1, 0.15) is 0 Å². The van der Waals surface area contributed by atoms with E-state index in [0.29, 0.717) is 6.04 Å². The Morgan fingerprint density at radius 1 is 1.30 bits per heavy atom. The lowest BCUT2D eigenvalue weighted by atomic mass is 10.1. The van der Waals surface area contributed by atoms with E-state index in [9.17, 15) is 4.79 Å². The molecule has 1 rings (SSSR count). The van der Waals surface area contributed by atoms with Crippen LogP contribution in [0.25, 0.3) is 0 Å². The predicted molar refractivity (Wildman–Crippen MR) is 88.5 cm³/mol. The van der Waals surface area contributed by atoms with E-state index in [-0.39, 0.29) is 12.1 Å². The Hall–Kier alpha value is -1.20. The summed E-state index contributed by atoms with van der Waals surface area (Å²) in [4.78, 5) is 13.8. The van der Waals surface area contributed by atoms with E-state index >= 15 is 0 Å². The summed E-state index contributed by atoms with van der Waals surface area (Å²) >= 11 is 1.74. The first-order valence-corrected chi connectivity index (χ1v) is 8.19. The molecule has 2 unspecified atom stereocenters. The minimum atomic E-state index is -0.0686. The summed E-state index contributed by atoms with van der Waals surface area (Å²) < 4.78 is 0. The van der Waals surface area contributed by atoms with Crippen molar-refractivity contribution in [3.8, 4) is 0 Å². The summed E-state index contributed by atoms with van der Waals surface area (Å²) in [7, 11) is 3.76. The lowest BCUT2D eigenvalue weighted by Crippen LogP contribution is -2.39. The molecule has 2 N–H and O–H groups in total. The van der Waals surface area contributed by atoms with Gasteiger partial charge >= 0.3 is 6.03 Å². The normalized spacial score (nSPS) is 13.7. The molecule has 0 aliphatic rings. The van der Waals surface area contributed by atoms with Crippen molar-refractivity contribution in [3.63, 3.8) is 0 Å². The molecule has 0 aliphatic carbocycles. The highest BCUT2D eigenvalue weighted by molar-refractivity contribution is 7.98. The Morgan fingerprint density at radius 2 is 1.90 bits per heavy atom. The van der Waals surface area contributed by atoms with Crippen molar-refractivity contribution >= 4 is 23.5 Å². The number of benzene rings is 1. The van der Waals surface area contributed by atoms with Crippen molar-refractivity contribution in [1.29, 1.82) is 0 Å². The fraction of sp³-hybridized carbons (Fsp3) is 0.533. The maximum Gasteiger partial charge on any atom is 0.321 e. The van der Waals surface area contributed by atoms with Gasteiger partial charge in [-0.2, -0.15) is 11.8 Å². The number of hydrogen-bond donors (Lipinski definition) is 2. The summed E-state index contributed by atoms with van der Waals surface area (Å²) in [5.41, 5.74) is 2.03. The molecule has 1 aromatic carbocycles. The van der Waals surface area contributed by atoms with Crippen molar-refractivity contribution < 1.29 is 4.79 Å². The van der Waals surface area contributed by atoms with Crippen LogP contribution in [-0.2, 0) is 0 Å². The molecule has 0 radical (unpaired) electrons. The zero-order chi connectivity index (χ0) is 15.1. The first-order valence-electron chi connectivity index (χ1n) is 6.79. The van der Waals surface area contributed by atoms with Crippen LogP contribution in [0, 0.1) is 0 Å². The number of nitrogens with zero attached hydrogens (tertiary/aromatic N) is 1. The molecule has 0 saturated heterocycles. The Balaban J connectivity index is 2.62. The molecule has 0 fully saturated rings. The van der Waals surface area contributed by atoms with Crippen LogP contribution >= 0.6 is 11.8 Å². The molecule has 0 aliphatic heterocycles. The van der Waals surface area contributed by atoms with Gasteiger partial charge in [0.15, 0.2) is 0 Å². The number of hydrogen-bond acceptors (Lipinski definition) is 3. The minimum Gasteiger partial charge on any atom is -0.324 e. The van der Waals surface area contributed by atoms with Crippen LogP contribution in [0.2, 0.25) is 0 Å². The molecule has 112 valence electrons. The van der Waals surface area contributed by atoms with E-state index < -0.39 is 0 Å². The van der Waals surface area contributed by atoms with Gasteiger partial charge in [-0.25, -0.2) is 4.79 Å². The number of nitrogens with one attached hydrogen (secondary N) is 2. The smallest absolute Gasteiger partial charge is 0.321 e. The lowest BCUT2D eigenvalue weighted by molar-refractivity contribution is 0.212. The Kier molecular flexibility index (Phi) is 6.88. The quantitative estimate of drug-likeness (QED) is 0.847. The second-order valence-corrected chi connectivity index (χ2v) is 5.89. The van der Waals surface area contributed by atoms with Crippen molar-refractivity contribution in [2.75, 3.05) is 31.4 Å². The van der Waals surface area contributed by atoms with Crippen molar-refractivity contribution in [2.24, 2.45) is 0 Å². The van der Waals surface area contributed by atoms with Gasteiger partial charge in [0.2, 0.25) is 0 Å². The lowest BCUT2D eigenvalue weighted by Gasteiger charge is -2.24. The molecule has 0 bridgehead atoms. The van der Waals surface area contributed by atoms with Crippen LogP contribution in [0.15, 0.2) is 24.3 Å². The standard InChI is InChI=1S/C15H25N3OS/c1-11(10-20-5)18(4)15(19)17-14-8-6-13(7-9-14)12(2)16-3/h6-9,11-12,16H,10H2,1-5H3,(H,17,19). The van der Waals surface area contributed by atoms with E-state index in [0.717, 1.165) is 11.4 Å². The SMILES string of the molecule is CNC(C)c1ccc(NC(=O)N(C)C(C)CSC)cc1. The number of urea groups is 1. The fourth-order valence-electron chi connectivity index (χ4n) is 1.79. The second-order valence-electron chi connectivity index (χ2n) is 4.98. The van der Waals surface area contributed by atoms with Crippen LogP contribution < -0.4 is 10.6 Å². The zero-order valence-electron chi connectivity index (χ0n) is 12.9. The van der Waals surface area contributed by atoms with Crippen molar-refractivity contribution in [2.45, 2.75) is 25.9 Å². The Bertz CT molecular complexity index is 422. The number of carbonyl (C=O) groups excluding carboxylic acids is 1. The van der Waals surface area contributed by atoms with E-state index in [1.165, 1.54) is 5.56 Å². The minimum absolute atomic E-state index is 0.0686. The monoisotopic (exact) mass is 295 g/mol. The van der Waals surface area contributed by atoms with Crippen LogP contribution in [0.5, 0.6) is 0 Å². The van der Waals surface area contributed by atoms with Gasteiger partial charge in [-0.05, 0) is 44.8 Å². The maximum absolute atomic E-state index is 12.1. The molecule has 20 heavy (non-hydrogen) atoms. The van der Waals surface area contributed by atoms with E-state index in [1.807, 2.05) is 51.5 Å². The van der Waals surface area contributed by atoms with Gasteiger partial charge in [0.05, 0.1) is 0 Å². The van der Waals surface area contributed by atoms with Crippen molar-refractivity contribution in [3.05, 3.63) is 29.8 Å². The average Bonchev–Trinajstić information content (AvgIpc) is 2.46. The van der Waals surface area contributed by atoms with E-state index in [4.69, 9.17) is 0 Å². The topological polar surface area (TPSA) is 44.4 Å². The molecule has 2 atom stereocenters. The van der Waals surface area contributed by atoms with Gasteiger partial charge in [0, 0.05) is 30.6 Å². The number of carbonyl (C=O) groups is 1. The van der Waals surface area contributed by atoms with Gasteiger partial charge in [-0.3, -0.25) is 0 Å². The highest BCUT2D eigenvalue weighted by atomic mass is 32.2. The molecule has 4 nitrogen and oxygen atoms in total. The fourth-order valence-corrected chi connectivity index (χ4v) is 2.49. The van der Waals surface area contributed by atoms with E-state index in [1.54, 1.807) is 16.7 Å². The van der Waals surface area contributed by atoms with Gasteiger partial charge in [-0.1, -0.05) is 12.1 Å². The third-order valence-corrected chi connectivity index (χ3v) is 4.30. The second kappa shape index (κ2) is 8.17. The maximum atomic E-state index is 12.1. The molecule has 5 heteroatoms. The first-order chi connectivity index (χ1) is 9.49. The molecule has 0 aromatic heterocycles. The van der Waals surface area contributed by atoms with Crippen LogP contribution in [0.4, 0.5) is 10.5 Å². The van der Waals surface area contributed by atoms with Gasteiger partial charge < -0.3 is 15.5 Å². The summed E-state index contributed by atoms with van der Waals surface area (Å²) in [6, 6.07) is 8.39. The van der Waals surface area contributed by atoms with Crippen LogP contribution in [0.3, 0.4) is 0 Å². The Labute approximate surface area is 126 Å². The molecule has 1 aromatic rings. The number of amides is 2. The number of thioether (sulfide) groups is 1. The first kappa shape index (κ1) is 16.9. The number of rotatable bonds is 6. The van der Waals surface area contributed by atoms with Gasteiger partial charge in [0.25, 0.3) is 0 Å². The molecule has 0 saturated carbocycles. The summed E-state index contributed by atoms with van der Waals surface area (Å²) in [6.07, 6.45) is 2.05. The zero-order valence-corrected chi connectivity index (χ0v) is 13.8. The van der Waals surface area contributed by atoms with Crippen LogP contribution in [0.1, 0.15) is 25.5 Å². The molecule has 2 amide bonds. The Morgan fingerprint density at radius 3 is 2.40 bits per heavy atom. The van der Waals surface area contributed by atoms with E-state index in [2.05, 4.69) is 17.6 Å². The van der Waals surface area contributed by atoms with Crippen molar-refractivity contribution in [1.82, 2.24) is 10.2 Å². The number of anilines is 1. The predicted octanol–water partition coefficient (Wildman–Crippen LogP) is 3.18. The summed E-state index contributed by atoms with van der Waals surface area (Å²) in [5, 5.41) is 6.11. The molecular weight excluding hydrogens is 270 g/mol. The highest BCUT2D eigenvalue weighted by Gasteiger charge is 2.15.